The molecule has 0 aliphatic carbocycles. The predicted molar refractivity (Wildman–Crippen MR) is 344 cm³/mol. The second-order valence-electron chi connectivity index (χ2n) is 26.0. The molecule has 0 aliphatic rings. The van der Waals surface area contributed by atoms with Crippen LogP contribution >= 0.6 is 7.82 Å². The molecule has 0 fully saturated rings. The van der Waals surface area contributed by atoms with E-state index in [9.17, 15) is 19.4 Å². The molecule has 0 saturated heterocycles. The van der Waals surface area contributed by atoms with Crippen LogP contribution in [0.2, 0.25) is 0 Å². The van der Waals surface area contributed by atoms with E-state index in [0.717, 1.165) is 38.5 Å². The van der Waals surface area contributed by atoms with E-state index in [-0.39, 0.29) is 19.1 Å². The van der Waals surface area contributed by atoms with Crippen LogP contribution in [0.25, 0.3) is 0 Å². The second kappa shape index (κ2) is 61.8. The van der Waals surface area contributed by atoms with Gasteiger partial charge >= 0.3 is 0 Å². The molecule has 0 rings (SSSR count). The fourth-order valence-electron chi connectivity index (χ4n) is 11.2. The zero-order valence-electron chi connectivity index (χ0n) is 54.1. The highest BCUT2D eigenvalue weighted by Crippen LogP contribution is 2.38. The number of hydrogen-bond acceptors (Lipinski definition) is 6. The molecular weight excluding hydrogens is 996 g/mol. The zero-order valence-corrected chi connectivity index (χ0v) is 55.0. The first-order valence-corrected chi connectivity index (χ1v) is 37.0. The minimum absolute atomic E-state index is 0.0158. The minimum atomic E-state index is -4.58. The number of hydrogen-bond donors (Lipinski definition) is 2. The number of allylic oxidation sites excluding steroid dienone is 2. The molecule has 0 spiro atoms. The average Bonchev–Trinajstić information content (AvgIpc) is 3.42. The topological polar surface area (TPSA) is 108 Å². The van der Waals surface area contributed by atoms with E-state index in [1.807, 2.05) is 21.1 Å². The lowest BCUT2D eigenvalue weighted by molar-refractivity contribution is -0.870. The van der Waals surface area contributed by atoms with Gasteiger partial charge in [0.2, 0.25) is 5.91 Å². The van der Waals surface area contributed by atoms with Crippen LogP contribution in [0.5, 0.6) is 0 Å². The van der Waals surface area contributed by atoms with Gasteiger partial charge in [-0.15, -0.1) is 0 Å². The quantitative estimate of drug-likeness (QED) is 0.0272. The molecule has 0 bridgehead atoms. The van der Waals surface area contributed by atoms with Gasteiger partial charge < -0.3 is 28.8 Å². The van der Waals surface area contributed by atoms with Gasteiger partial charge in [0.1, 0.15) is 13.2 Å². The molecule has 0 aliphatic heterocycles. The maximum absolute atomic E-state index is 13.1. The van der Waals surface area contributed by atoms with Crippen LogP contribution in [0, 0.1) is 0 Å². The van der Waals surface area contributed by atoms with Crippen molar-refractivity contribution in [3.63, 3.8) is 0 Å². The number of aliphatic hydroxyl groups is 1. The molecule has 1 amide bonds. The van der Waals surface area contributed by atoms with Gasteiger partial charge in [-0.1, -0.05) is 347 Å². The van der Waals surface area contributed by atoms with Crippen LogP contribution in [0.3, 0.4) is 0 Å². The van der Waals surface area contributed by atoms with Gasteiger partial charge in [-0.25, -0.2) is 0 Å². The number of phosphoric acid groups is 1. The summed E-state index contributed by atoms with van der Waals surface area (Å²) in [5, 5.41) is 14.1. The molecule has 0 heterocycles. The van der Waals surface area contributed by atoms with Crippen molar-refractivity contribution >= 4 is 13.7 Å². The summed E-state index contributed by atoms with van der Waals surface area (Å²) in [6.07, 6.45) is 78.7. The summed E-state index contributed by atoms with van der Waals surface area (Å²) in [6.45, 7) is 4.79. The molecule has 3 atom stereocenters. The summed E-state index contributed by atoms with van der Waals surface area (Å²) in [6, 6.07) is -0.799. The Morgan fingerprint density at radius 1 is 0.430 bits per heavy atom. The van der Waals surface area contributed by atoms with Gasteiger partial charge in [-0.3, -0.25) is 9.36 Å². The Labute approximate surface area is 494 Å². The van der Waals surface area contributed by atoms with Crippen molar-refractivity contribution in [1.82, 2.24) is 5.32 Å². The van der Waals surface area contributed by atoms with Crippen molar-refractivity contribution in [3.8, 4) is 0 Å². The SMILES string of the molecule is CCCCCCCCCCCCCC/C=C\CCCCCCCCCCCCCCCCCCCC(=O)NC(COP(=O)([O-])OCC[N+](C)(C)C)C(O)CCCCCCCCCCCCCCCCCCCCCCCCCC. The highest BCUT2D eigenvalue weighted by Gasteiger charge is 2.24. The lowest BCUT2D eigenvalue weighted by Gasteiger charge is -2.30. The summed E-state index contributed by atoms with van der Waals surface area (Å²) in [5.74, 6) is -0.155. The van der Waals surface area contributed by atoms with Gasteiger partial charge in [-0.2, -0.15) is 0 Å². The van der Waals surface area contributed by atoms with E-state index in [1.54, 1.807) is 0 Å². The van der Waals surface area contributed by atoms with Crippen LogP contribution in [0.4, 0.5) is 0 Å². The lowest BCUT2D eigenvalue weighted by atomic mass is 10.0. The first kappa shape index (κ1) is 78.2. The van der Waals surface area contributed by atoms with Crippen LogP contribution in [0.1, 0.15) is 380 Å². The van der Waals surface area contributed by atoms with Crippen molar-refractivity contribution in [1.29, 1.82) is 0 Å². The fourth-order valence-corrected chi connectivity index (χ4v) is 11.9. The Morgan fingerprint density at radius 3 is 0.987 bits per heavy atom. The van der Waals surface area contributed by atoms with Gasteiger partial charge in [0, 0.05) is 6.42 Å². The molecule has 472 valence electrons. The van der Waals surface area contributed by atoms with E-state index in [0.29, 0.717) is 23.9 Å². The summed E-state index contributed by atoms with van der Waals surface area (Å²) >= 11 is 0. The molecule has 0 aromatic rings. The number of carbonyl (C=O) groups excluding carboxylic acids is 1. The fraction of sp³-hybridized carbons (Fsp3) is 0.957. The molecule has 0 aromatic heterocycles. The maximum Gasteiger partial charge on any atom is 0.268 e. The standard InChI is InChI=1S/C70H141N2O6P/c1-6-8-10-12-14-16-18-20-22-24-26-28-30-32-33-34-35-36-37-38-39-40-42-44-46-48-50-52-54-56-58-60-62-64-70(74)71-68(67-78-79(75,76)77-66-65-72(3,4)5)69(73)63-61-59-57-55-53-51-49-47-45-43-41-31-29-27-25-23-21-19-17-15-13-11-9-7-2/h32-33,68-69,73H,6-31,34-67H2,1-5H3,(H-,71,74,75,76)/b33-32-. The third-order valence-corrected chi connectivity index (χ3v) is 17.7. The molecule has 9 heteroatoms. The normalized spacial score (nSPS) is 13.7. The van der Waals surface area contributed by atoms with Crippen molar-refractivity contribution in [2.75, 3.05) is 40.9 Å². The number of likely N-dealkylation sites (N-methyl/N-ethyl adjacent to an activating group) is 1. The number of nitrogens with zero attached hydrogens (tertiary/aromatic N) is 1. The molecule has 3 unspecified atom stereocenters. The van der Waals surface area contributed by atoms with Crippen molar-refractivity contribution in [2.45, 2.75) is 392 Å². The van der Waals surface area contributed by atoms with Gasteiger partial charge in [0.15, 0.2) is 0 Å². The molecule has 79 heavy (non-hydrogen) atoms. The third-order valence-electron chi connectivity index (χ3n) is 16.8. The predicted octanol–water partition coefficient (Wildman–Crippen LogP) is 21.9. The Balaban J connectivity index is 3.97. The van der Waals surface area contributed by atoms with E-state index in [1.165, 1.54) is 315 Å². The van der Waals surface area contributed by atoms with Crippen LogP contribution in [-0.2, 0) is 18.4 Å². The average molecular weight is 1140 g/mol. The Kier molecular flexibility index (Phi) is 61.2. The van der Waals surface area contributed by atoms with Crippen LogP contribution in [-0.4, -0.2) is 68.5 Å². The van der Waals surface area contributed by atoms with Crippen molar-refractivity contribution in [3.05, 3.63) is 12.2 Å². The number of amides is 1. The third kappa shape index (κ3) is 64.7. The van der Waals surface area contributed by atoms with Crippen molar-refractivity contribution < 1.29 is 32.9 Å². The van der Waals surface area contributed by atoms with Crippen molar-refractivity contribution in [2.24, 2.45) is 0 Å². The van der Waals surface area contributed by atoms with E-state index >= 15 is 0 Å². The number of nitrogens with one attached hydrogen (secondary N) is 1. The number of quaternary nitrogens is 1. The smallest absolute Gasteiger partial charge is 0.268 e. The summed E-state index contributed by atoms with van der Waals surface area (Å²) in [7, 11) is 1.33. The number of aliphatic hydroxyl groups excluding tert-OH is 1. The zero-order chi connectivity index (χ0) is 57.7. The molecule has 8 nitrogen and oxygen atoms in total. The Morgan fingerprint density at radius 2 is 0.696 bits per heavy atom. The van der Waals surface area contributed by atoms with Crippen LogP contribution < -0.4 is 10.2 Å². The highest BCUT2D eigenvalue weighted by atomic mass is 31.2. The molecule has 2 N–H and O–H groups in total. The highest BCUT2D eigenvalue weighted by molar-refractivity contribution is 7.45. The number of carbonyl (C=O) groups is 1. The minimum Gasteiger partial charge on any atom is -0.756 e. The van der Waals surface area contributed by atoms with E-state index < -0.39 is 20.0 Å². The molecule has 0 saturated carbocycles. The monoisotopic (exact) mass is 1140 g/mol. The molecule has 0 aromatic carbocycles. The van der Waals surface area contributed by atoms with Crippen LogP contribution in [0.15, 0.2) is 12.2 Å². The van der Waals surface area contributed by atoms with E-state index in [4.69, 9.17) is 9.05 Å². The first-order chi connectivity index (χ1) is 38.5. The number of unbranched alkanes of at least 4 members (excludes halogenated alkanes) is 52. The first-order valence-electron chi connectivity index (χ1n) is 35.5. The van der Waals surface area contributed by atoms with Gasteiger partial charge in [-0.05, 0) is 38.5 Å². The van der Waals surface area contributed by atoms with Gasteiger partial charge in [0.05, 0.1) is 39.9 Å². The van der Waals surface area contributed by atoms with E-state index in [2.05, 4.69) is 31.3 Å². The summed E-state index contributed by atoms with van der Waals surface area (Å²) < 4.78 is 23.5. The second-order valence-corrected chi connectivity index (χ2v) is 27.4. The number of phosphoric ester groups is 1. The summed E-state index contributed by atoms with van der Waals surface area (Å²) in [4.78, 5) is 25.7. The number of rotatable bonds is 67. The maximum atomic E-state index is 13.1. The molecular formula is C70H141N2O6P. The summed E-state index contributed by atoms with van der Waals surface area (Å²) in [5.41, 5.74) is 0. The lowest BCUT2D eigenvalue weighted by Crippen LogP contribution is -2.46. The Hall–Kier alpha value is -0.760. The Bertz CT molecular complexity index is 1290. The molecule has 0 radical (unpaired) electrons. The largest absolute Gasteiger partial charge is 0.756 e. The van der Waals surface area contributed by atoms with Gasteiger partial charge in [0.25, 0.3) is 7.82 Å².